The molecule has 14 heavy (non-hydrogen) atoms. The summed E-state index contributed by atoms with van der Waals surface area (Å²) in [4.78, 5) is 0. The summed E-state index contributed by atoms with van der Waals surface area (Å²) in [5.74, 6) is 2.71. The van der Waals surface area contributed by atoms with Gasteiger partial charge in [-0.05, 0) is 26.5 Å². The third-order valence-corrected chi connectivity index (χ3v) is 2.27. The van der Waals surface area contributed by atoms with Crippen LogP contribution in [0.15, 0.2) is 6.07 Å². The van der Waals surface area contributed by atoms with E-state index in [9.17, 15) is 0 Å². The molecule has 0 aliphatic heterocycles. The highest BCUT2D eigenvalue weighted by Gasteiger charge is 2.12. The molecule has 0 aliphatic rings. The molecule has 0 spiro atoms. The Balaban J connectivity index is 3.05. The van der Waals surface area contributed by atoms with E-state index < -0.39 is 0 Å². The van der Waals surface area contributed by atoms with Crippen LogP contribution in [0.4, 0.5) is 0 Å². The highest BCUT2D eigenvalue weighted by atomic mass is 15.3. The van der Waals surface area contributed by atoms with Gasteiger partial charge in [-0.25, -0.2) is 0 Å². The summed E-state index contributed by atoms with van der Waals surface area (Å²) in [7, 11) is 1.86. The van der Waals surface area contributed by atoms with E-state index in [2.05, 4.69) is 36.2 Å². The molecule has 1 atom stereocenters. The van der Waals surface area contributed by atoms with Crippen molar-refractivity contribution in [2.75, 3.05) is 7.05 Å². The Labute approximate surface area is 85.5 Å². The van der Waals surface area contributed by atoms with E-state index in [0.29, 0.717) is 0 Å². The average molecular weight is 191 g/mol. The first-order valence-corrected chi connectivity index (χ1v) is 4.96. The molecular weight excluding hydrogens is 174 g/mol. The monoisotopic (exact) mass is 191 g/mol. The smallest absolute Gasteiger partial charge is 0.111 e. The van der Waals surface area contributed by atoms with Crippen LogP contribution >= 0.6 is 0 Å². The predicted molar refractivity (Wildman–Crippen MR) is 57.9 cm³/mol. The summed E-state index contributed by atoms with van der Waals surface area (Å²) in [6.45, 7) is 5.02. The van der Waals surface area contributed by atoms with Gasteiger partial charge in [0.05, 0.1) is 11.4 Å². The lowest BCUT2D eigenvalue weighted by atomic mass is 10.2. The van der Waals surface area contributed by atoms with Crippen molar-refractivity contribution in [2.45, 2.75) is 32.9 Å². The summed E-state index contributed by atoms with van der Waals surface area (Å²) in [6.07, 6.45) is 6.38. The van der Waals surface area contributed by atoms with Gasteiger partial charge >= 0.3 is 0 Å². The molecule has 1 heterocycles. The fourth-order valence-electron chi connectivity index (χ4n) is 1.46. The fraction of sp³-hybridized carbons (Fsp3) is 0.545. The molecule has 0 aromatic carbocycles. The van der Waals surface area contributed by atoms with Crippen molar-refractivity contribution in [1.82, 2.24) is 15.1 Å². The van der Waals surface area contributed by atoms with E-state index in [4.69, 9.17) is 6.42 Å². The van der Waals surface area contributed by atoms with Crippen LogP contribution in [0, 0.1) is 12.3 Å². The molecule has 0 amide bonds. The third-order valence-electron chi connectivity index (χ3n) is 2.27. The molecular formula is C11H17N3. The lowest BCUT2D eigenvalue weighted by molar-refractivity contribution is 0.575. The second kappa shape index (κ2) is 4.83. The summed E-state index contributed by atoms with van der Waals surface area (Å²) in [5.41, 5.74) is 2.17. The van der Waals surface area contributed by atoms with Crippen molar-refractivity contribution >= 4 is 0 Å². The van der Waals surface area contributed by atoms with Crippen LogP contribution in [0.2, 0.25) is 0 Å². The number of aryl methyl sites for hydroxylation is 2. The van der Waals surface area contributed by atoms with E-state index in [1.54, 1.807) is 0 Å². The van der Waals surface area contributed by atoms with E-state index >= 15 is 0 Å². The second-order valence-electron chi connectivity index (χ2n) is 3.12. The van der Waals surface area contributed by atoms with E-state index in [0.717, 1.165) is 24.4 Å². The SMILES string of the molecule is C#CC(NC)c1cc(CC)nn1CC. The van der Waals surface area contributed by atoms with Gasteiger partial charge < -0.3 is 5.32 Å². The van der Waals surface area contributed by atoms with Gasteiger partial charge in [0.2, 0.25) is 0 Å². The quantitative estimate of drug-likeness (QED) is 0.728. The van der Waals surface area contributed by atoms with Gasteiger partial charge in [0.1, 0.15) is 6.04 Å². The minimum atomic E-state index is -0.0391. The summed E-state index contributed by atoms with van der Waals surface area (Å²) < 4.78 is 1.96. The van der Waals surface area contributed by atoms with Crippen LogP contribution in [-0.2, 0) is 13.0 Å². The minimum Gasteiger partial charge on any atom is -0.302 e. The minimum absolute atomic E-state index is 0.0391. The molecule has 0 fully saturated rings. The molecule has 1 N–H and O–H groups in total. The molecule has 3 heteroatoms. The number of hydrogen-bond acceptors (Lipinski definition) is 2. The number of terminal acetylenes is 1. The molecule has 1 unspecified atom stereocenters. The van der Waals surface area contributed by atoms with Gasteiger partial charge in [0.15, 0.2) is 0 Å². The molecule has 1 aromatic heterocycles. The highest BCUT2D eigenvalue weighted by Crippen LogP contribution is 2.14. The van der Waals surface area contributed by atoms with E-state index in [1.165, 1.54) is 0 Å². The molecule has 1 aromatic rings. The Kier molecular flexibility index (Phi) is 3.73. The van der Waals surface area contributed by atoms with Gasteiger partial charge in [-0.2, -0.15) is 5.10 Å². The Bertz CT molecular complexity index is 333. The van der Waals surface area contributed by atoms with Crippen LogP contribution in [0.1, 0.15) is 31.3 Å². The van der Waals surface area contributed by atoms with Crippen molar-refractivity contribution in [3.63, 3.8) is 0 Å². The first-order valence-electron chi connectivity index (χ1n) is 4.96. The molecule has 0 saturated carbocycles. The Morgan fingerprint density at radius 2 is 2.36 bits per heavy atom. The number of nitrogens with one attached hydrogen (secondary N) is 1. The third kappa shape index (κ3) is 1.97. The normalized spacial score (nSPS) is 12.4. The largest absolute Gasteiger partial charge is 0.302 e. The average Bonchev–Trinajstić information content (AvgIpc) is 2.63. The van der Waals surface area contributed by atoms with Gasteiger partial charge in [-0.3, -0.25) is 4.68 Å². The number of hydrogen-bond donors (Lipinski definition) is 1. The maximum atomic E-state index is 5.44. The first-order chi connectivity index (χ1) is 6.76. The number of rotatable bonds is 4. The highest BCUT2D eigenvalue weighted by molar-refractivity contribution is 5.21. The van der Waals surface area contributed by atoms with Gasteiger partial charge in [-0.15, -0.1) is 6.42 Å². The van der Waals surface area contributed by atoms with Gasteiger partial charge in [0.25, 0.3) is 0 Å². The van der Waals surface area contributed by atoms with Gasteiger partial charge in [-0.1, -0.05) is 12.8 Å². The van der Waals surface area contributed by atoms with Crippen LogP contribution in [0.25, 0.3) is 0 Å². The van der Waals surface area contributed by atoms with Crippen molar-refractivity contribution in [1.29, 1.82) is 0 Å². The van der Waals surface area contributed by atoms with Crippen LogP contribution < -0.4 is 5.32 Å². The van der Waals surface area contributed by atoms with Gasteiger partial charge in [0, 0.05) is 6.54 Å². The standard InChI is InChI=1S/C11H17N3/c1-5-9-8-11(10(6-2)12-4)14(7-3)13-9/h2,8,10,12H,5,7H2,1,3-4H3. The summed E-state index contributed by atoms with van der Waals surface area (Å²) in [5, 5.41) is 7.53. The number of nitrogens with zero attached hydrogens (tertiary/aromatic N) is 2. The molecule has 3 nitrogen and oxygen atoms in total. The van der Waals surface area contributed by atoms with Crippen LogP contribution in [0.5, 0.6) is 0 Å². The first kappa shape index (κ1) is 10.8. The Morgan fingerprint density at radius 1 is 1.64 bits per heavy atom. The lowest BCUT2D eigenvalue weighted by Crippen LogP contribution is -2.18. The molecule has 76 valence electrons. The van der Waals surface area contributed by atoms with Crippen LogP contribution in [0.3, 0.4) is 0 Å². The Hall–Kier alpha value is -1.27. The van der Waals surface area contributed by atoms with Crippen molar-refractivity contribution < 1.29 is 0 Å². The Morgan fingerprint density at radius 3 is 2.79 bits per heavy atom. The molecule has 0 radical (unpaired) electrons. The number of aromatic nitrogens is 2. The fourth-order valence-corrected chi connectivity index (χ4v) is 1.46. The summed E-state index contributed by atoms with van der Waals surface area (Å²) in [6, 6.07) is 2.03. The van der Waals surface area contributed by atoms with E-state index in [1.807, 2.05) is 11.7 Å². The predicted octanol–water partition coefficient (Wildman–Crippen LogP) is 1.36. The maximum absolute atomic E-state index is 5.44. The zero-order chi connectivity index (χ0) is 10.6. The van der Waals surface area contributed by atoms with Crippen molar-refractivity contribution in [2.24, 2.45) is 0 Å². The molecule has 0 bridgehead atoms. The van der Waals surface area contributed by atoms with Crippen molar-refractivity contribution in [3.05, 3.63) is 17.5 Å². The van der Waals surface area contributed by atoms with Crippen molar-refractivity contribution in [3.8, 4) is 12.3 Å². The molecule has 0 saturated heterocycles. The summed E-state index contributed by atoms with van der Waals surface area (Å²) >= 11 is 0. The topological polar surface area (TPSA) is 29.9 Å². The molecule has 1 rings (SSSR count). The van der Waals surface area contributed by atoms with E-state index in [-0.39, 0.29) is 6.04 Å². The second-order valence-corrected chi connectivity index (χ2v) is 3.12. The lowest BCUT2D eigenvalue weighted by Gasteiger charge is -2.10. The zero-order valence-corrected chi connectivity index (χ0v) is 9.04. The zero-order valence-electron chi connectivity index (χ0n) is 9.04. The molecule has 0 aliphatic carbocycles. The maximum Gasteiger partial charge on any atom is 0.111 e. The van der Waals surface area contributed by atoms with Crippen LogP contribution in [-0.4, -0.2) is 16.8 Å².